The SMILES string of the molecule is CCc1ccc(CNCCC2=CCCCC2)cc1.Cl. The number of allylic oxidation sites excluding steroid dienone is 1. The van der Waals surface area contributed by atoms with Gasteiger partial charge in [-0.05, 0) is 56.2 Å². The fourth-order valence-electron chi connectivity index (χ4n) is 2.51. The van der Waals surface area contributed by atoms with Crippen molar-refractivity contribution in [1.82, 2.24) is 5.32 Å². The van der Waals surface area contributed by atoms with Crippen molar-refractivity contribution in [2.24, 2.45) is 0 Å². The predicted molar refractivity (Wildman–Crippen MR) is 85.9 cm³/mol. The van der Waals surface area contributed by atoms with E-state index in [1.807, 2.05) is 0 Å². The molecule has 2 heteroatoms. The van der Waals surface area contributed by atoms with E-state index in [9.17, 15) is 0 Å². The molecule has 0 unspecified atom stereocenters. The van der Waals surface area contributed by atoms with Gasteiger partial charge in [0.05, 0.1) is 0 Å². The van der Waals surface area contributed by atoms with Gasteiger partial charge in [0.2, 0.25) is 0 Å². The van der Waals surface area contributed by atoms with Crippen LogP contribution in [0.5, 0.6) is 0 Å². The van der Waals surface area contributed by atoms with Gasteiger partial charge in [-0.25, -0.2) is 0 Å². The molecule has 0 heterocycles. The minimum Gasteiger partial charge on any atom is -0.312 e. The van der Waals surface area contributed by atoms with Crippen molar-refractivity contribution in [2.45, 2.75) is 52.0 Å². The lowest BCUT2D eigenvalue weighted by atomic mass is 9.97. The van der Waals surface area contributed by atoms with E-state index in [0.29, 0.717) is 0 Å². The van der Waals surface area contributed by atoms with Crippen molar-refractivity contribution in [3.8, 4) is 0 Å². The Labute approximate surface area is 123 Å². The standard InChI is InChI=1S/C17H25N.ClH/c1-2-15-8-10-17(11-9-15)14-18-13-12-16-6-4-3-5-7-16;/h6,8-11,18H,2-5,7,12-14H2,1H3;1H. The highest BCUT2D eigenvalue weighted by atomic mass is 35.5. The van der Waals surface area contributed by atoms with Crippen LogP contribution in [-0.4, -0.2) is 6.54 Å². The van der Waals surface area contributed by atoms with E-state index in [1.54, 1.807) is 5.57 Å². The Morgan fingerprint density at radius 3 is 2.42 bits per heavy atom. The molecular formula is C17H26ClN. The second kappa shape index (κ2) is 9.17. The van der Waals surface area contributed by atoms with Gasteiger partial charge >= 0.3 is 0 Å². The first-order chi connectivity index (χ1) is 8.88. The molecule has 106 valence electrons. The summed E-state index contributed by atoms with van der Waals surface area (Å²) in [6.45, 7) is 4.31. The summed E-state index contributed by atoms with van der Waals surface area (Å²) in [5.41, 5.74) is 4.48. The zero-order valence-electron chi connectivity index (χ0n) is 12.0. The monoisotopic (exact) mass is 279 g/mol. The van der Waals surface area contributed by atoms with Gasteiger partial charge in [0, 0.05) is 6.54 Å². The molecule has 1 aliphatic carbocycles. The first-order valence-electron chi connectivity index (χ1n) is 7.35. The number of rotatable bonds is 6. The molecule has 0 saturated heterocycles. The summed E-state index contributed by atoms with van der Waals surface area (Å²) in [6, 6.07) is 8.96. The second-order valence-corrected chi connectivity index (χ2v) is 5.20. The summed E-state index contributed by atoms with van der Waals surface area (Å²) in [5.74, 6) is 0. The third-order valence-corrected chi connectivity index (χ3v) is 3.77. The van der Waals surface area contributed by atoms with Crippen LogP contribution in [0, 0.1) is 0 Å². The van der Waals surface area contributed by atoms with E-state index in [0.717, 1.165) is 19.5 Å². The van der Waals surface area contributed by atoms with Crippen LogP contribution in [0.1, 0.15) is 50.2 Å². The van der Waals surface area contributed by atoms with E-state index < -0.39 is 0 Å². The highest BCUT2D eigenvalue weighted by molar-refractivity contribution is 5.85. The minimum atomic E-state index is 0. The maximum Gasteiger partial charge on any atom is 0.0205 e. The topological polar surface area (TPSA) is 12.0 Å². The summed E-state index contributed by atoms with van der Waals surface area (Å²) in [5, 5.41) is 3.55. The smallest absolute Gasteiger partial charge is 0.0205 e. The molecule has 1 nitrogen and oxygen atoms in total. The van der Waals surface area contributed by atoms with Crippen LogP contribution in [0.2, 0.25) is 0 Å². The number of aryl methyl sites for hydroxylation is 1. The molecule has 1 aromatic rings. The van der Waals surface area contributed by atoms with Crippen molar-refractivity contribution in [3.05, 3.63) is 47.0 Å². The molecule has 0 saturated carbocycles. The van der Waals surface area contributed by atoms with Gasteiger partial charge in [0.15, 0.2) is 0 Å². The summed E-state index contributed by atoms with van der Waals surface area (Å²) >= 11 is 0. The zero-order valence-corrected chi connectivity index (χ0v) is 12.8. The van der Waals surface area contributed by atoms with Gasteiger partial charge < -0.3 is 5.32 Å². The maximum atomic E-state index is 3.55. The normalized spacial score (nSPS) is 14.7. The highest BCUT2D eigenvalue weighted by Gasteiger charge is 2.02. The number of hydrogen-bond acceptors (Lipinski definition) is 1. The van der Waals surface area contributed by atoms with Gasteiger partial charge in [-0.15, -0.1) is 12.4 Å². The molecule has 0 bridgehead atoms. The maximum absolute atomic E-state index is 3.55. The average molecular weight is 280 g/mol. The Morgan fingerprint density at radius 1 is 1.05 bits per heavy atom. The fraction of sp³-hybridized carbons (Fsp3) is 0.529. The number of hydrogen-bond donors (Lipinski definition) is 1. The van der Waals surface area contributed by atoms with Gasteiger partial charge in [-0.2, -0.15) is 0 Å². The van der Waals surface area contributed by atoms with Gasteiger partial charge in [0.1, 0.15) is 0 Å². The third kappa shape index (κ3) is 5.80. The number of nitrogens with one attached hydrogen (secondary N) is 1. The lowest BCUT2D eigenvalue weighted by molar-refractivity contribution is 0.632. The van der Waals surface area contributed by atoms with Crippen molar-refractivity contribution in [1.29, 1.82) is 0 Å². The lowest BCUT2D eigenvalue weighted by Crippen LogP contribution is -2.15. The Kier molecular flexibility index (Phi) is 7.85. The Hall–Kier alpha value is -0.790. The largest absolute Gasteiger partial charge is 0.312 e. The first-order valence-corrected chi connectivity index (χ1v) is 7.35. The first kappa shape index (κ1) is 16.3. The molecule has 0 amide bonds. The van der Waals surface area contributed by atoms with Gasteiger partial charge in [0.25, 0.3) is 0 Å². The average Bonchev–Trinajstić information content (AvgIpc) is 2.45. The molecular weight excluding hydrogens is 254 g/mol. The predicted octanol–water partition coefficient (Wildman–Crippen LogP) is 4.65. The quantitative estimate of drug-likeness (QED) is 0.590. The summed E-state index contributed by atoms with van der Waals surface area (Å²) in [6.07, 6.45) is 10.2. The lowest BCUT2D eigenvalue weighted by Gasteiger charge is -2.13. The van der Waals surface area contributed by atoms with Crippen molar-refractivity contribution >= 4 is 12.4 Å². The fourth-order valence-corrected chi connectivity index (χ4v) is 2.51. The molecule has 0 spiro atoms. The van der Waals surface area contributed by atoms with E-state index in [1.165, 1.54) is 43.2 Å². The van der Waals surface area contributed by atoms with Crippen molar-refractivity contribution in [3.63, 3.8) is 0 Å². The molecule has 0 aromatic heterocycles. The van der Waals surface area contributed by atoms with E-state index in [4.69, 9.17) is 0 Å². The number of benzene rings is 1. The molecule has 0 fully saturated rings. The van der Waals surface area contributed by atoms with Crippen LogP contribution >= 0.6 is 12.4 Å². The number of halogens is 1. The van der Waals surface area contributed by atoms with E-state index in [-0.39, 0.29) is 12.4 Å². The summed E-state index contributed by atoms with van der Waals surface area (Å²) in [7, 11) is 0. The van der Waals surface area contributed by atoms with Crippen LogP contribution in [0.25, 0.3) is 0 Å². The van der Waals surface area contributed by atoms with Crippen LogP contribution in [-0.2, 0) is 13.0 Å². The Morgan fingerprint density at radius 2 is 1.79 bits per heavy atom. The van der Waals surface area contributed by atoms with E-state index in [2.05, 4.69) is 42.6 Å². The third-order valence-electron chi connectivity index (χ3n) is 3.77. The van der Waals surface area contributed by atoms with Crippen LogP contribution < -0.4 is 5.32 Å². The molecule has 1 aromatic carbocycles. The molecule has 19 heavy (non-hydrogen) atoms. The molecule has 0 radical (unpaired) electrons. The van der Waals surface area contributed by atoms with Crippen molar-refractivity contribution in [2.75, 3.05) is 6.54 Å². The summed E-state index contributed by atoms with van der Waals surface area (Å²) in [4.78, 5) is 0. The Balaban J connectivity index is 0.00000180. The molecule has 0 atom stereocenters. The van der Waals surface area contributed by atoms with Gasteiger partial charge in [-0.3, -0.25) is 0 Å². The van der Waals surface area contributed by atoms with Gasteiger partial charge in [-0.1, -0.05) is 42.8 Å². The Bertz CT molecular complexity index is 381. The molecule has 0 aliphatic heterocycles. The van der Waals surface area contributed by atoms with E-state index >= 15 is 0 Å². The van der Waals surface area contributed by atoms with Crippen molar-refractivity contribution < 1.29 is 0 Å². The second-order valence-electron chi connectivity index (χ2n) is 5.20. The van der Waals surface area contributed by atoms with Crippen LogP contribution in [0.4, 0.5) is 0 Å². The zero-order chi connectivity index (χ0) is 12.6. The molecule has 2 rings (SSSR count). The summed E-state index contributed by atoms with van der Waals surface area (Å²) < 4.78 is 0. The molecule has 1 aliphatic rings. The minimum absolute atomic E-state index is 0. The highest BCUT2D eigenvalue weighted by Crippen LogP contribution is 2.19. The van der Waals surface area contributed by atoms with Crippen LogP contribution in [0.3, 0.4) is 0 Å². The van der Waals surface area contributed by atoms with Crippen LogP contribution in [0.15, 0.2) is 35.9 Å². The molecule has 1 N–H and O–H groups in total.